The summed E-state index contributed by atoms with van der Waals surface area (Å²) in [6.07, 6.45) is 7.59. The van der Waals surface area contributed by atoms with Crippen LogP contribution in [-0.2, 0) is 17.9 Å². The van der Waals surface area contributed by atoms with Gasteiger partial charge in [0.1, 0.15) is 16.8 Å². The Kier molecular flexibility index (Phi) is 7.74. The van der Waals surface area contributed by atoms with E-state index < -0.39 is 0 Å². The van der Waals surface area contributed by atoms with E-state index in [2.05, 4.69) is 55.3 Å². The number of aromatic nitrogens is 4. The Labute approximate surface area is 241 Å². The first-order chi connectivity index (χ1) is 19.9. The summed E-state index contributed by atoms with van der Waals surface area (Å²) in [7, 11) is 1.70. The molecule has 1 aromatic carbocycles. The van der Waals surface area contributed by atoms with Crippen LogP contribution in [-0.4, -0.2) is 86.5 Å². The standard InChI is InChI=1S/C30H42N8O3/c1-3-5-23(10-11-39)33-27-26-24(34-29(31)35-27)13-32-38(26)15-22-9-8-20(12-25(22)41-2)14-36-16-30(17-36)18-37(19-30)28(40)21-6-4-7-21/h8-9,12-13,21,23,39H,3-7,10-11,14-19H2,1-2H3,(H3,31,33,34,35)/t23-/m0/s1. The van der Waals surface area contributed by atoms with Crippen molar-refractivity contribution >= 4 is 28.7 Å². The smallest absolute Gasteiger partial charge is 0.225 e. The number of methoxy groups -OCH3 is 1. The van der Waals surface area contributed by atoms with E-state index >= 15 is 0 Å². The third-order valence-electron chi connectivity index (χ3n) is 8.98. The summed E-state index contributed by atoms with van der Waals surface area (Å²) >= 11 is 0. The Morgan fingerprint density at radius 2 is 2.00 bits per heavy atom. The number of fused-ring (bicyclic) bond motifs is 1. The van der Waals surface area contributed by atoms with Gasteiger partial charge in [0.15, 0.2) is 5.82 Å². The SMILES string of the molecule is CCC[C@@H](CCO)Nc1nc(N)nc2cnn(Cc3ccc(CN4CC5(C4)CN(C(=O)C4CCC4)C5)cc3OC)c12. The number of nitrogens with one attached hydrogen (secondary N) is 1. The summed E-state index contributed by atoms with van der Waals surface area (Å²) in [4.78, 5) is 25.9. The van der Waals surface area contributed by atoms with Crippen molar-refractivity contribution in [1.82, 2.24) is 29.5 Å². The van der Waals surface area contributed by atoms with Crippen molar-refractivity contribution in [2.75, 3.05) is 50.9 Å². The molecular formula is C30H42N8O3. The number of nitrogens with zero attached hydrogens (tertiary/aromatic N) is 6. The number of amides is 1. The second-order valence-electron chi connectivity index (χ2n) is 12.2. The number of hydrogen-bond donors (Lipinski definition) is 3. The predicted octanol–water partition coefficient (Wildman–Crippen LogP) is 2.87. The van der Waals surface area contributed by atoms with Gasteiger partial charge in [-0.05, 0) is 37.3 Å². The minimum Gasteiger partial charge on any atom is -0.496 e. The van der Waals surface area contributed by atoms with Gasteiger partial charge >= 0.3 is 0 Å². The van der Waals surface area contributed by atoms with Crippen molar-refractivity contribution < 1.29 is 14.6 Å². The molecule has 2 aromatic heterocycles. The van der Waals surface area contributed by atoms with Gasteiger partial charge in [0.05, 0.1) is 19.9 Å². The lowest BCUT2D eigenvalue weighted by Crippen LogP contribution is -2.73. The van der Waals surface area contributed by atoms with Crippen LogP contribution < -0.4 is 15.8 Å². The molecule has 3 fully saturated rings. The molecule has 0 unspecified atom stereocenters. The Morgan fingerprint density at radius 1 is 1.20 bits per heavy atom. The Hall–Kier alpha value is -3.44. The van der Waals surface area contributed by atoms with E-state index in [1.165, 1.54) is 12.0 Å². The molecule has 41 heavy (non-hydrogen) atoms. The van der Waals surface area contributed by atoms with Crippen LogP contribution in [0.3, 0.4) is 0 Å². The fraction of sp³-hybridized carbons (Fsp3) is 0.600. The number of ether oxygens (including phenoxy) is 1. The number of benzene rings is 1. The van der Waals surface area contributed by atoms with Crippen molar-refractivity contribution in [1.29, 1.82) is 0 Å². The third kappa shape index (κ3) is 5.57. The van der Waals surface area contributed by atoms with Gasteiger partial charge in [-0.2, -0.15) is 10.1 Å². The van der Waals surface area contributed by atoms with Crippen LogP contribution in [0.4, 0.5) is 11.8 Å². The zero-order chi connectivity index (χ0) is 28.6. The second kappa shape index (κ2) is 11.4. The highest BCUT2D eigenvalue weighted by Crippen LogP contribution is 2.42. The van der Waals surface area contributed by atoms with Gasteiger partial charge in [-0.25, -0.2) is 4.98 Å². The summed E-state index contributed by atoms with van der Waals surface area (Å²) in [6, 6.07) is 6.46. The largest absolute Gasteiger partial charge is 0.496 e. The van der Waals surface area contributed by atoms with E-state index in [0.717, 1.165) is 75.2 Å². The average Bonchev–Trinajstić information content (AvgIpc) is 3.27. The van der Waals surface area contributed by atoms with E-state index in [1.807, 2.05) is 4.68 Å². The molecule has 0 radical (unpaired) electrons. The summed E-state index contributed by atoms with van der Waals surface area (Å²) in [5.41, 5.74) is 9.97. The molecule has 4 N–H and O–H groups in total. The molecule has 0 bridgehead atoms. The normalized spacial score (nSPS) is 19.0. The van der Waals surface area contributed by atoms with E-state index in [4.69, 9.17) is 10.5 Å². The van der Waals surface area contributed by atoms with Crippen LogP contribution >= 0.6 is 0 Å². The molecule has 4 heterocycles. The molecule has 11 heteroatoms. The summed E-state index contributed by atoms with van der Waals surface area (Å²) in [5.74, 6) is 2.31. The van der Waals surface area contributed by atoms with E-state index in [0.29, 0.717) is 41.5 Å². The van der Waals surface area contributed by atoms with E-state index in [-0.39, 0.29) is 18.6 Å². The van der Waals surface area contributed by atoms with Gasteiger partial charge in [0.2, 0.25) is 11.9 Å². The molecule has 2 aliphatic heterocycles. The highest BCUT2D eigenvalue weighted by atomic mass is 16.5. The first kappa shape index (κ1) is 27.7. The molecule has 1 atom stereocenters. The van der Waals surface area contributed by atoms with Gasteiger partial charge in [-0.1, -0.05) is 31.9 Å². The van der Waals surface area contributed by atoms with Crippen molar-refractivity contribution in [3.8, 4) is 5.75 Å². The minimum absolute atomic E-state index is 0.0755. The molecule has 2 saturated heterocycles. The van der Waals surface area contributed by atoms with Crippen LogP contribution in [0.25, 0.3) is 11.0 Å². The fourth-order valence-electron chi connectivity index (χ4n) is 6.71. The second-order valence-corrected chi connectivity index (χ2v) is 12.2. The van der Waals surface area contributed by atoms with Crippen LogP contribution in [0.1, 0.15) is 56.6 Å². The Balaban J connectivity index is 1.12. The van der Waals surface area contributed by atoms with Gasteiger partial charge in [-0.15, -0.1) is 0 Å². The lowest BCUT2D eigenvalue weighted by Gasteiger charge is -2.61. The first-order valence-electron chi connectivity index (χ1n) is 14.9. The zero-order valence-electron chi connectivity index (χ0n) is 24.2. The van der Waals surface area contributed by atoms with Gasteiger partial charge in [-0.3, -0.25) is 14.4 Å². The van der Waals surface area contributed by atoms with Crippen LogP contribution in [0.5, 0.6) is 5.75 Å². The molecule has 6 rings (SSSR count). The molecule has 1 spiro atoms. The number of nitrogen functional groups attached to an aromatic ring is 1. The number of carbonyl (C=O) groups is 1. The zero-order valence-corrected chi connectivity index (χ0v) is 24.2. The molecule has 11 nitrogen and oxygen atoms in total. The minimum atomic E-state index is 0.0755. The van der Waals surface area contributed by atoms with Crippen molar-refractivity contribution in [2.45, 2.75) is 64.6 Å². The maximum absolute atomic E-state index is 12.5. The van der Waals surface area contributed by atoms with Crippen LogP contribution in [0.15, 0.2) is 24.4 Å². The predicted molar refractivity (Wildman–Crippen MR) is 157 cm³/mol. The molecular weight excluding hydrogens is 520 g/mol. The molecule has 3 aliphatic rings. The van der Waals surface area contributed by atoms with Crippen molar-refractivity contribution in [3.05, 3.63) is 35.5 Å². The molecule has 1 aliphatic carbocycles. The van der Waals surface area contributed by atoms with Gasteiger partial charge in [0.25, 0.3) is 0 Å². The quantitative estimate of drug-likeness (QED) is 0.305. The van der Waals surface area contributed by atoms with E-state index in [1.54, 1.807) is 13.3 Å². The summed E-state index contributed by atoms with van der Waals surface area (Å²) < 4.78 is 7.69. The number of aliphatic hydroxyl groups excluding tert-OH is 1. The number of likely N-dealkylation sites (tertiary alicyclic amines) is 2. The van der Waals surface area contributed by atoms with E-state index in [9.17, 15) is 9.90 Å². The molecule has 1 saturated carbocycles. The number of hydrogen-bond acceptors (Lipinski definition) is 9. The number of nitrogens with two attached hydrogens (primary N) is 1. The van der Waals surface area contributed by atoms with Gasteiger partial charge in [0, 0.05) is 62.3 Å². The van der Waals surface area contributed by atoms with Crippen molar-refractivity contribution in [3.63, 3.8) is 0 Å². The number of aliphatic hydroxyl groups is 1. The van der Waals surface area contributed by atoms with Crippen LogP contribution in [0, 0.1) is 11.3 Å². The fourth-order valence-corrected chi connectivity index (χ4v) is 6.71. The Bertz CT molecular complexity index is 1380. The summed E-state index contributed by atoms with van der Waals surface area (Å²) in [6.45, 7) is 7.50. The lowest BCUT2D eigenvalue weighted by molar-refractivity contribution is -0.166. The number of rotatable bonds is 12. The Morgan fingerprint density at radius 3 is 2.68 bits per heavy atom. The highest BCUT2D eigenvalue weighted by Gasteiger charge is 2.53. The number of carbonyl (C=O) groups excluding carboxylic acids is 1. The maximum Gasteiger partial charge on any atom is 0.225 e. The van der Waals surface area contributed by atoms with Gasteiger partial charge < -0.3 is 25.8 Å². The lowest BCUT2D eigenvalue weighted by atomic mass is 9.71. The third-order valence-corrected chi connectivity index (χ3v) is 8.98. The molecule has 3 aromatic rings. The molecule has 1 amide bonds. The number of anilines is 2. The molecule has 220 valence electrons. The van der Waals surface area contributed by atoms with Crippen LogP contribution in [0.2, 0.25) is 0 Å². The monoisotopic (exact) mass is 562 g/mol. The van der Waals surface area contributed by atoms with Crippen molar-refractivity contribution in [2.24, 2.45) is 11.3 Å². The topological polar surface area (TPSA) is 135 Å². The summed E-state index contributed by atoms with van der Waals surface area (Å²) in [5, 5.41) is 17.6. The first-order valence-corrected chi connectivity index (χ1v) is 14.9. The highest BCUT2D eigenvalue weighted by molar-refractivity contribution is 5.86. The average molecular weight is 563 g/mol. The maximum atomic E-state index is 12.5.